The summed E-state index contributed by atoms with van der Waals surface area (Å²) in [6.45, 7) is 4.79. The van der Waals surface area contributed by atoms with Gasteiger partial charge in [-0.05, 0) is 49.9 Å². The lowest BCUT2D eigenvalue weighted by Crippen LogP contribution is -2.41. The number of hydrogen-bond donors (Lipinski definition) is 0. The van der Waals surface area contributed by atoms with E-state index in [0.717, 1.165) is 11.1 Å². The molecule has 0 aliphatic carbocycles. The predicted octanol–water partition coefficient (Wildman–Crippen LogP) is 2.33. The molecule has 0 spiro atoms. The van der Waals surface area contributed by atoms with Crippen LogP contribution in [0.3, 0.4) is 0 Å². The van der Waals surface area contributed by atoms with E-state index in [0.29, 0.717) is 36.7 Å². The molecule has 6 nitrogen and oxygen atoms in total. The highest BCUT2D eigenvalue weighted by Crippen LogP contribution is 2.24. The lowest BCUT2D eigenvalue weighted by atomic mass is 10.1. The molecule has 1 aliphatic rings. The first kappa shape index (κ1) is 16.9. The Labute approximate surface area is 142 Å². The van der Waals surface area contributed by atoms with Crippen molar-refractivity contribution in [1.82, 2.24) is 14.3 Å². The Hall–Kier alpha value is -1.99. The van der Waals surface area contributed by atoms with Gasteiger partial charge < -0.3 is 4.74 Å². The number of aromatic nitrogens is 2. The number of aryl methyl sites for hydroxylation is 2. The highest BCUT2D eigenvalue weighted by molar-refractivity contribution is 7.89. The lowest BCUT2D eigenvalue weighted by molar-refractivity contribution is 0.129. The third-order valence-electron chi connectivity index (χ3n) is 4.34. The van der Waals surface area contributed by atoms with Crippen molar-refractivity contribution in [2.75, 3.05) is 13.1 Å². The van der Waals surface area contributed by atoms with Crippen molar-refractivity contribution >= 4 is 10.0 Å². The lowest BCUT2D eigenvalue weighted by Gasteiger charge is -2.31. The molecule has 1 aromatic heterocycles. The maximum absolute atomic E-state index is 12.8. The fraction of sp³-hybridized carbons (Fsp3) is 0.412. The van der Waals surface area contributed by atoms with Gasteiger partial charge in [-0.2, -0.15) is 4.31 Å². The molecule has 0 N–H and O–H groups in total. The molecule has 1 fully saturated rings. The summed E-state index contributed by atoms with van der Waals surface area (Å²) in [5.41, 5.74) is 2.07. The van der Waals surface area contributed by atoms with Crippen molar-refractivity contribution in [3.8, 4) is 5.88 Å². The molecule has 0 amide bonds. The van der Waals surface area contributed by atoms with E-state index in [9.17, 15) is 8.42 Å². The van der Waals surface area contributed by atoms with Crippen LogP contribution in [0.15, 0.2) is 41.7 Å². The molecule has 0 saturated carbocycles. The summed E-state index contributed by atoms with van der Waals surface area (Å²) in [4.78, 5) is 8.42. The molecule has 2 heterocycles. The first-order valence-corrected chi connectivity index (χ1v) is 9.41. The van der Waals surface area contributed by atoms with Crippen molar-refractivity contribution in [3.05, 3.63) is 47.9 Å². The van der Waals surface area contributed by atoms with E-state index in [-0.39, 0.29) is 6.10 Å². The Balaban J connectivity index is 1.66. The van der Waals surface area contributed by atoms with Gasteiger partial charge in [0.05, 0.1) is 11.1 Å². The average molecular weight is 347 g/mol. The smallest absolute Gasteiger partial charge is 0.243 e. The molecule has 1 aromatic carbocycles. The van der Waals surface area contributed by atoms with Crippen LogP contribution in [0.2, 0.25) is 0 Å². The molecule has 3 rings (SSSR count). The molecule has 0 radical (unpaired) electrons. The normalized spacial score (nSPS) is 16.9. The van der Waals surface area contributed by atoms with Gasteiger partial charge in [0.15, 0.2) is 0 Å². The summed E-state index contributed by atoms with van der Waals surface area (Å²) < 4.78 is 32.9. The van der Waals surface area contributed by atoms with Crippen LogP contribution in [-0.2, 0) is 10.0 Å². The van der Waals surface area contributed by atoms with Crippen molar-refractivity contribution in [2.45, 2.75) is 37.7 Å². The second-order valence-electron chi connectivity index (χ2n) is 6.01. The Morgan fingerprint density at radius 2 is 1.88 bits per heavy atom. The maximum atomic E-state index is 12.8. The monoisotopic (exact) mass is 347 g/mol. The summed E-state index contributed by atoms with van der Waals surface area (Å²) in [5.74, 6) is 0.480. The Kier molecular flexibility index (Phi) is 4.82. The van der Waals surface area contributed by atoms with E-state index in [4.69, 9.17) is 4.74 Å². The maximum Gasteiger partial charge on any atom is 0.243 e. The fourth-order valence-corrected chi connectivity index (χ4v) is 4.29. The molecule has 7 heteroatoms. The second-order valence-corrected chi connectivity index (χ2v) is 7.95. The number of benzene rings is 1. The number of rotatable bonds is 4. The largest absolute Gasteiger partial charge is 0.473 e. The minimum absolute atomic E-state index is 0.0343. The molecule has 0 atom stereocenters. The average Bonchev–Trinajstić information content (AvgIpc) is 2.58. The SMILES string of the molecule is Cc1ccc(S(=O)(=O)N2CCC(Oc3cnccn3)CC2)cc1C. The summed E-state index contributed by atoms with van der Waals surface area (Å²) in [7, 11) is -3.45. The zero-order valence-corrected chi connectivity index (χ0v) is 14.7. The quantitative estimate of drug-likeness (QED) is 0.849. The van der Waals surface area contributed by atoms with Gasteiger partial charge in [-0.15, -0.1) is 0 Å². The number of hydrogen-bond acceptors (Lipinski definition) is 5. The van der Waals surface area contributed by atoms with E-state index >= 15 is 0 Å². The minimum Gasteiger partial charge on any atom is -0.473 e. The zero-order valence-electron chi connectivity index (χ0n) is 13.8. The van der Waals surface area contributed by atoms with Gasteiger partial charge in [0.25, 0.3) is 0 Å². The highest BCUT2D eigenvalue weighted by Gasteiger charge is 2.30. The first-order valence-electron chi connectivity index (χ1n) is 7.97. The number of piperidine rings is 1. The number of ether oxygens (including phenoxy) is 1. The summed E-state index contributed by atoms with van der Waals surface area (Å²) in [6.07, 6.45) is 5.98. The van der Waals surface area contributed by atoms with Crippen LogP contribution in [0.25, 0.3) is 0 Å². The van der Waals surface area contributed by atoms with Gasteiger partial charge in [0.2, 0.25) is 15.9 Å². The molecular weight excluding hydrogens is 326 g/mol. The molecular formula is C17H21N3O3S. The second kappa shape index (κ2) is 6.86. The molecule has 0 unspecified atom stereocenters. The van der Waals surface area contributed by atoms with E-state index in [1.165, 1.54) is 4.31 Å². The van der Waals surface area contributed by atoms with Gasteiger partial charge >= 0.3 is 0 Å². The van der Waals surface area contributed by atoms with Crippen molar-refractivity contribution in [2.24, 2.45) is 0 Å². The standard InChI is InChI=1S/C17H21N3O3S/c1-13-3-4-16(11-14(13)2)24(21,22)20-9-5-15(6-10-20)23-17-12-18-7-8-19-17/h3-4,7-8,11-12,15H,5-6,9-10H2,1-2H3. The summed E-state index contributed by atoms with van der Waals surface area (Å²) >= 11 is 0. The van der Waals surface area contributed by atoms with E-state index in [1.54, 1.807) is 30.7 Å². The van der Waals surface area contributed by atoms with Crippen molar-refractivity contribution in [3.63, 3.8) is 0 Å². The molecule has 1 aliphatic heterocycles. The Morgan fingerprint density at radius 1 is 1.12 bits per heavy atom. The third-order valence-corrected chi connectivity index (χ3v) is 6.24. The molecule has 24 heavy (non-hydrogen) atoms. The van der Waals surface area contributed by atoms with E-state index < -0.39 is 10.0 Å². The minimum atomic E-state index is -3.45. The van der Waals surface area contributed by atoms with Crippen molar-refractivity contribution < 1.29 is 13.2 Å². The van der Waals surface area contributed by atoms with Crippen LogP contribution in [0.5, 0.6) is 5.88 Å². The molecule has 0 bridgehead atoms. The highest BCUT2D eigenvalue weighted by atomic mass is 32.2. The van der Waals surface area contributed by atoms with Gasteiger partial charge in [-0.1, -0.05) is 6.07 Å². The van der Waals surface area contributed by atoms with Crippen LogP contribution in [0.4, 0.5) is 0 Å². The van der Waals surface area contributed by atoms with Crippen LogP contribution >= 0.6 is 0 Å². The van der Waals surface area contributed by atoms with Crippen LogP contribution in [0.1, 0.15) is 24.0 Å². The summed E-state index contributed by atoms with van der Waals surface area (Å²) in [5, 5.41) is 0. The molecule has 128 valence electrons. The Bertz CT molecular complexity index is 801. The Morgan fingerprint density at radius 3 is 2.50 bits per heavy atom. The third kappa shape index (κ3) is 3.57. The molecule has 2 aromatic rings. The topological polar surface area (TPSA) is 72.4 Å². The number of nitrogens with zero attached hydrogens (tertiary/aromatic N) is 3. The molecule has 1 saturated heterocycles. The van der Waals surface area contributed by atoms with Crippen LogP contribution < -0.4 is 4.74 Å². The van der Waals surface area contributed by atoms with Crippen LogP contribution in [0, 0.1) is 13.8 Å². The first-order chi connectivity index (χ1) is 11.5. The fourth-order valence-electron chi connectivity index (χ4n) is 2.73. The van der Waals surface area contributed by atoms with Crippen molar-refractivity contribution in [1.29, 1.82) is 0 Å². The van der Waals surface area contributed by atoms with Gasteiger partial charge in [-0.25, -0.2) is 13.4 Å². The zero-order chi connectivity index (χ0) is 17.2. The summed E-state index contributed by atoms with van der Waals surface area (Å²) in [6, 6.07) is 5.28. The van der Waals surface area contributed by atoms with Gasteiger partial charge in [0.1, 0.15) is 6.10 Å². The van der Waals surface area contributed by atoms with Crippen LogP contribution in [-0.4, -0.2) is 41.9 Å². The number of sulfonamides is 1. The van der Waals surface area contributed by atoms with E-state index in [1.807, 2.05) is 19.9 Å². The predicted molar refractivity (Wildman–Crippen MR) is 90.4 cm³/mol. The van der Waals surface area contributed by atoms with Gasteiger partial charge in [-0.3, -0.25) is 4.98 Å². The van der Waals surface area contributed by atoms with Gasteiger partial charge in [0, 0.05) is 25.5 Å². The van der Waals surface area contributed by atoms with E-state index in [2.05, 4.69) is 9.97 Å².